The van der Waals surface area contributed by atoms with Crippen molar-refractivity contribution in [1.29, 1.82) is 0 Å². The van der Waals surface area contributed by atoms with Crippen LogP contribution in [0.4, 0.5) is 0 Å². The molecule has 2 heterocycles. The molecule has 0 saturated carbocycles. The van der Waals surface area contributed by atoms with Gasteiger partial charge >= 0.3 is 5.97 Å². The van der Waals surface area contributed by atoms with Gasteiger partial charge in [-0.25, -0.2) is 9.78 Å². The Kier molecular flexibility index (Phi) is 4.83. The molecule has 0 aliphatic carbocycles. The second-order valence-electron chi connectivity index (χ2n) is 6.27. The number of aryl methyl sites for hydroxylation is 1. The molecular weight excluding hydrogens is 322 g/mol. The number of amides is 1. The van der Waals surface area contributed by atoms with Crippen LogP contribution in [0.1, 0.15) is 42.9 Å². The van der Waals surface area contributed by atoms with Crippen LogP contribution in [0, 0.1) is 0 Å². The van der Waals surface area contributed by atoms with E-state index in [0.29, 0.717) is 17.4 Å². The van der Waals surface area contributed by atoms with E-state index in [-0.39, 0.29) is 29.7 Å². The Morgan fingerprint density at radius 1 is 1.40 bits per heavy atom. The summed E-state index contributed by atoms with van der Waals surface area (Å²) in [5, 5.41) is 3.21. The summed E-state index contributed by atoms with van der Waals surface area (Å²) in [6.45, 7) is 4.19. The first-order valence-corrected chi connectivity index (χ1v) is 8.49. The lowest BCUT2D eigenvalue weighted by atomic mass is 10.1. The Morgan fingerprint density at radius 2 is 2.20 bits per heavy atom. The standard InChI is InChI=1S/C18H21N3O4/c1-3-11(2)19-16(22)10-25-18(24)12-6-7-13-14(9-12)20-15-5-4-8-21(15)17(13)23/h6-7,9,11H,3-5,8,10H2,1-2H3,(H,19,22)/t11-/m0/s1. The van der Waals surface area contributed by atoms with Crippen molar-refractivity contribution in [2.24, 2.45) is 0 Å². The monoisotopic (exact) mass is 343 g/mol. The first-order chi connectivity index (χ1) is 12.0. The molecule has 0 bridgehead atoms. The average Bonchev–Trinajstić information content (AvgIpc) is 3.08. The minimum atomic E-state index is -0.608. The van der Waals surface area contributed by atoms with Gasteiger partial charge in [-0.2, -0.15) is 0 Å². The van der Waals surface area contributed by atoms with Crippen LogP contribution in [0.15, 0.2) is 23.0 Å². The quantitative estimate of drug-likeness (QED) is 0.829. The molecule has 1 amide bonds. The maximum absolute atomic E-state index is 12.4. The highest BCUT2D eigenvalue weighted by molar-refractivity contribution is 5.95. The first-order valence-electron chi connectivity index (χ1n) is 8.49. The Bertz CT molecular complexity index is 888. The zero-order valence-electron chi connectivity index (χ0n) is 14.4. The third-order valence-electron chi connectivity index (χ3n) is 4.41. The molecule has 2 aromatic rings. The summed E-state index contributed by atoms with van der Waals surface area (Å²) >= 11 is 0. The Hall–Kier alpha value is -2.70. The zero-order valence-corrected chi connectivity index (χ0v) is 14.4. The number of hydrogen-bond donors (Lipinski definition) is 1. The third kappa shape index (κ3) is 3.55. The van der Waals surface area contributed by atoms with Gasteiger partial charge in [-0.3, -0.25) is 14.2 Å². The largest absolute Gasteiger partial charge is 0.452 e. The van der Waals surface area contributed by atoms with Crippen molar-refractivity contribution in [2.45, 2.75) is 45.7 Å². The van der Waals surface area contributed by atoms with Crippen LogP contribution in [-0.2, 0) is 22.5 Å². The summed E-state index contributed by atoms with van der Waals surface area (Å²) in [5.41, 5.74) is 0.681. The van der Waals surface area contributed by atoms with Gasteiger partial charge in [0.15, 0.2) is 6.61 Å². The summed E-state index contributed by atoms with van der Waals surface area (Å²) < 4.78 is 6.73. The minimum absolute atomic E-state index is 0.0335. The number of ether oxygens (including phenoxy) is 1. The second-order valence-corrected chi connectivity index (χ2v) is 6.27. The molecule has 0 spiro atoms. The maximum atomic E-state index is 12.4. The fourth-order valence-electron chi connectivity index (χ4n) is 2.84. The van der Waals surface area contributed by atoms with Crippen LogP contribution >= 0.6 is 0 Å². The van der Waals surface area contributed by atoms with Crippen molar-refractivity contribution in [3.63, 3.8) is 0 Å². The van der Waals surface area contributed by atoms with Gasteiger partial charge < -0.3 is 10.1 Å². The van der Waals surface area contributed by atoms with Crippen LogP contribution < -0.4 is 10.9 Å². The number of hydrogen-bond acceptors (Lipinski definition) is 5. The van der Waals surface area contributed by atoms with Crippen molar-refractivity contribution < 1.29 is 14.3 Å². The van der Waals surface area contributed by atoms with E-state index in [1.54, 1.807) is 16.7 Å². The van der Waals surface area contributed by atoms with Gasteiger partial charge in [0.25, 0.3) is 11.5 Å². The number of nitrogens with zero attached hydrogens (tertiary/aromatic N) is 2. The molecule has 3 rings (SSSR count). The van der Waals surface area contributed by atoms with E-state index in [0.717, 1.165) is 25.1 Å². The second kappa shape index (κ2) is 7.04. The van der Waals surface area contributed by atoms with Crippen molar-refractivity contribution >= 4 is 22.8 Å². The van der Waals surface area contributed by atoms with Crippen LogP contribution in [0.25, 0.3) is 10.9 Å². The van der Waals surface area contributed by atoms with Crippen molar-refractivity contribution in [3.8, 4) is 0 Å². The normalized spacial score (nSPS) is 14.2. The molecule has 0 unspecified atom stereocenters. The number of rotatable bonds is 5. The highest BCUT2D eigenvalue weighted by Crippen LogP contribution is 2.16. The topological polar surface area (TPSA) is 90.3 Å². The predicted octanol–water partition coefficient (Wildman–Crippen LogP) is 1.41. The number of esters is 1. The predicted molar refractivity (Wildman–Crippen MR) is 92.5 cm³/mol. The number of aromatic nitrogens is 2. The molecule has 1 N–H and O–H groups in total. The lowest BCUT2D eigenvalue weighted by Crippen LogP contribution is -2.35. The molecule has 0 radical (unpaired) electrons. The van der Waals surface area contributed by atoms with Crippen molar-refractivity contribution in [3.05, 3.63) is 39.9 Å². The van der Waals surface area contributed by atoms with Crippen molar-refractivity contribution in [2.75, 3.05) is 6.61 Å². The summed E-state index contributed by atoms with van der Waals surface area (Å²) in [5.74, 6) is -0.197. The minimum Gasteiger partial charge on any atom is -0.452 e. The Morgan fingerprint density at radius 3 is 2.96 bits per heavy atom. The van der Waals surface area contributed by atoms with Gasteiger partial charge in [0.05, 0.1) is 16.5 Å². The molecule has 25 heavy (non-hydrogen) atoms. The molecule has 7 nitrogen and oxygen atoms in total. The van der Waals surface area contributed by atoms with Gasteiger partial charge in [-0.1, -0.05) is 6.92 Å². The third-order valence-corrected chi connectivity index (χ3v) is 4.41. The molecular formula is C18H21N3O4. The highest BCUT2D eigenvalue weighted by Gasteiger charge is 2.18. The average molecular weight is 343 g/mol. The molecule has 1 aliphatic heterocycles. The van der Waals surface area contributed by atoms with Crippen LogP contribution in [0.2, 0.25) is 0 Å². The van der Waals surface area contributed by atoms with Crippen molar-refractivity contribution in [1.82, 2.24) is 14.9 Å². The summed E-state index contributed by atoms with van der Waals surface area (Å²) in [4.78, 5) is 40.7. The maximum Gasteiger partial charge on any atom is 0.338 e. The van der Waals surface area contributed by atoms with Gasteiger partial charge in [-0.15, -0.1) is 0 Å². The van der Waals surface area contributed by atoms with Gasteiger partial charge in [0, 0.05) is 19.0 Å². The summed E-state index contributed by atoms with van der Waals surface area (Å²) in [6.07, 6.45) is 2.46. The van der Waals surface area contributed by atoms with Crippen LogP contribution in [0.5, 0.6) is 0 Å². The van der Waals surface area contributed by atoms with Crippen LogP contribution in [0.3, 0.4) is 0 Å². The summed E-state index contributed by atoms with van der Waals surface area (Å²) in [6, 6.07) is 4.70. The number of carbonyl (C=O) groups excluding carboxylic acids is 2. The molecule has 1 aromatic carbocycles. The lowest BCUT2D eigenvalue weighted by Gasteiger charge is -2.11. The fraction of sp³-hybridized carbons (Fsp3) is 0.444. The molecule has 1 aromatic heterocycles. The van der Waals surface area contributed by atoms with Gasteiger partial charge in [0.2, 0.25) is 0 Å². The van der Waals surface area contributed by atoms with E-state index in [4.69, 9.17) is 4.74 Å². The van der Waals surface area contributed by atoms with Gasteiger partial charge in [0.1, 0.15) is 5.82 Å². The van der Waals surface area contributed by atoms with E-state index in [2.05, 4.69) is 10.3 Å². The highest BCUT2D eigenvalue weighted by atomic mass is 16.5. The van der Waals surface area contributed by atoms with E-state index < -0.39 is 5.97 Å². The molecule has 132 valence electrons. The zero-order chi connectivity index (χ0) is 18.0. The number of fused-ring (bicyclic) bond motifs is 2. The fourth-order valence-corrected chi connectivity index (χ4v) is 2.84. The molecule has 1 atom stereocenters. The van der Waals surface area contributed by atoms with E-state index in [1.807, 2.05) is 13.8 Å². The number of nitrogens with one attached hydrogen (secondary N) is 1. The number of carbonyl (C=O) groups is 2. The Labute approximate surface area is 145 Å². The lowest BCUT2D eigenvalue weighted by molar-refractivity contribution is -0.124. The van der Waals surface area contributed by atoms with E-state index in [1.165, 1.54) is 6.07 Å². The molecule has 0 fully saturated rings. The molecule has 7 heteroatoms. The Balaban J connectivity index is 1.75. The SMILES string of the molecule is CC[C@H](C)NC(=O)COC(=O)c1ccc2c(=O)n3c(nc2c1)CCC3. The molecule has 1 aliphatic rings. The van der Waals surface area contributed by atoms with Crippen LogP contribution in [-0.4, -0.2) is 34.1 Å². The summed E-state index contributed by atoms with van der Waals surface area (Å²) in [7, 11) is 0. The smallest absolute Gasteiger partial charge is 0.338 e. The number of benzene rings is 1. The van der Waals surface area contributed by atoms with E-state index >= 15 is 0 Å². The van der Waals surface area contributed by atoms with E-state index in [9.17, 15) is 14.4 Å². The first kappa shape index (κ1) is 17.1. The molecule has 0 saturated heterocycles. The van der Waals surface area contributed by atoms with Gasteiger partial charge in [-0.05, 0) is 38.0 Å².